The van der Waals surface area contributed by atoms with Gasteiger partial charge in [0, 0.05) is 41.2 Å². The number of nitrogens with one attached hydrogen (secondary N) is 1. The smallest absolute Gasteiger partial charge is 0.263 e. The largest absolute Gasteiger partial charge is 0.397 e. The number of nitrogen functional groups attached to an aromatic ring is 1. The van der Waals surface area contributed by atoms with Crippen molar-refractivity contribution in [1.82, 2.24) is 10.3 Å². The molecule has 0 spiro atoms. The summed E-state index contributed by atoms with van der Waals surface area (Å²) in [5.41, 5.74) is 8.47. The maximum atomic E-state index is 12.4. The fourth-order valence-corrected chi connectivity index (χ4v) is 3.48. The van der Waals surface area contributed by atoms with E-state index in [4.69, 9.17) is 10.5 Å². The predicted octanol–water partition coefficient (Wildman–Crippen LogP) is 2.65. The molecule has 1 atom stereocenters. The van der Waals surface area contributed by atoms with Gasteiger partial charge in [-0.1, -0.05) is 0 Å². The Morgan fingerprint density at radius 3 is 2.90 bits per heavy atom. The number of aryl methyl sites for hydroxylation is 2. The highest BCUT2D eigenvalue weighted by Gasteiger charge is 2.19. The Hall–Kier alpha value is -1.66. The van der Waals surface area contributed by atoms with E-state index in [2.05, 4.69) is 10.3 Å². The number of fused-ring (bicyclic) bond motifs is 1. The third-order valence-corrected chi connectivity index (χ3v) is 4.51. The summed E-state index contributed by atoms with van der Waals surface area (Å²) in [6, 6.07) is 2.01. The fourth-order valence-electron chi connectivity index (χ4n) is 2.30. The molecule has 0 radical (unpaired) electrons. The van der Waals surface area contributed by atoms with Crippen molar-refractivity contribution in [2.24, 2.45) is 0 Å². The molecule has 0 bridgehead atoms. The number of pyridine rings is 1. The van der Waals surface area contributed by atoms with Crippen LogP contribution >= 0.6 is 11.3 Å². The molecule has 3 N–H and O–H groups in total. The van der Waals surface area contributed by atoms with E-state index >= 15 is 0 Å². The number of ether oxygens (including phenoxy) is 1. The minimum Gasteiger partial charge on any atom is -0.397 e. The molecular formula is C15H21N3O2S. The first-order valence-corrected chi connectivity index (χ1v) is 7.71. The molecule has 2 heterocycles. The molecule has 0 aromatic carbocycles. The normalized spacial score (nSPS) is 12.6. The van der Waals surface area contributed by atoms with Crippen molar-refractivity contribution in [1.29, 1.82) is 0 Å². The van der Waals surface area contributed by atoms with Crippen LogP contribution < -0.4 is 11.1 Å². The number of amides is 1. The molecule has 2 rings (SSSR count). The molecule has 0 aliphatic heterocycles. The van der Waals surface area contributed by atoms with Crippen LogP contribution in [0.15, 0.2) is 6.07 Å². The van der Waals surface area contributed by atoms with Crippen LogP contribution in [0.3, 0.4) is 0 Å². The highest BCUT2D eigenvalue weighted by molar-refractivity contribution is 7.21. The van der Waals surface area contributed by atoms with Crippen molar-refractivity contribution in [3.8, 4) is 0 Å². The maximum absolute atomic E-state index is 12.4. The van der Waals surface area contributed by atoms with Gasteiger partial charge in [-0.25, -0.2) is 0 Å². The van der Waals surface area contributed by atoms with Crippen molar-refractivity contribution < 1.29 is 9.53 Å². The van der Waals surface area contributed by atoms with E-state index in [0.29, 0.717) is 17.2 Å². The number of carbonyl (C=O) groups is 1. The quantitative estimate of drug-likeness (QED) is 0.890. The molecule has 0 aliphatic carbocycles. The minimum absolute atomic E-state index is 0.0445. The molecule has 114 valence electrons. The summed E-state index contributed by atoms with van der Waals surface area (Å²) >= 11 is 1.42. The second kappa shape index (κ2) is 6.41. The molecule has 21 heavy (non-hydrogen) atoms. The van der Waals surface area contributed by atoms with E-state index in [1.165, 1.54) is 11.3 Å². The van der Waals surface area contributed by atoms with Crippen molar-refractivity contribution in [2.75, 3.05) is 19.5 Å². The average molecular weight is 307 g/mol. The third kappa shape index (κ3) is 3.33. The number of nitrogens with zero attached hydrogens (tertiary/aromatic N) is 1. The van der Waals surface area contributed by atoms with Gasteiger partial charge in [-0.15, -0.1) is 11.3 Å². The zero-order valence-electron chi connectivity index (χ0n) is 12.8. The lowest BCUT2D eigenvalue weighted by Gasteiger charge is -2.12. The number of methoxy groups -OCH3 is 1. The van der Waals surface area contributed by atoms with Gasteiger partial charge < -0.3 is 15.8 Å². The molecule has 0 saturated carbocycles. The van der Waals surface area contributed by atoms with E-state index < -0.39 is 0 Å². The van der Waals surface area contributed by atoms with Gasteiger partial charge in [-0.3, -0.25) is 9.78 Å². The highest BCUT2D eigenvalue weighted by Crippen LogP contribution is 2.35. The van der Waals surface area contributed by atoms with Gasteiger partial charge in [-0.05, 0) is 33.3 Å². The molecule has 2 aromatic rings. The number of hydrogen-bond donors (Lipinski definition) is 2. The van der Waals surface area contributed by atoms with E-state index in [-0.39, 0.29) is 11.9 Å². The van der Waals surface area contributed by atoms with Gasteiger partial charge in [0.15, 0.2) is 0 Å². The van der Waals surface area contributed by atoms with Crippen LogP contribution in [0.5, 0.6) is 0 Å². The van der Waals surface area contributed by atoms with Gasteiger partial charge >= 0.3 is 0 Å². The Labute approximate surface area is 128 Å². The van der Waals surface area contributed by atoms with Crippen molar-refractivity contribution in [3.05, 3.63) is 22.3 Å². The van der Waals surface area contributed by atoms with Gasteiger partial charge in [0.25, 0.3) is 5.91 Å². The molecule has 1 unspecified atom stereocenters. The van der Waals surface area contributed by atoms with E-state index in [9.17, 15) is 4.79 Å². The first-order chi connectivity index (χ1) is 9.93. The van der Waals surface area contributed by atoms with Crippen molar-refractivity contribution in [3.63, 3.8) is 0 Å². The summed E-state index contributed by atoms with van der Waals surface area (Å²) in [6.07, 6.45) is 0.771. The lowest BCUT2D eigenvalue weighted by Crippen LogP contribution is -2.33. The molecule has 0 saturated heterocycles. The SMILES string of the molecule is COCCC(C)NC(=O)c1sc2cc(C)nc(C)c2c1N. The summed E-state index contributed by atoms with van der Waals surface area (Å²) in [6.45, 7) is 6.43. The number of hydrogen-bond acceptors (Lipinski definition) is 5. The van der Waals surface area contributed by atoms with Crippen molar-refractivity contribution >= 4 is 33.0 Å². The summed E-state index contributed by atoms with van der Waals surface area (Å²) in [5.74, 6) is -0.130. The molecule has 1 amide bonds. The van der Waals surface area contributed by atoms with Crippen LogP contribution in [0.25, 0.3) is 10.1 Å². The molecule has 2 aromatic heterocycles. The number of anilines is 1. The minimum atomic E-state index is -0.130. The van der Waals surface area contributed by atoms with Gasteiger partial charge in [-0.2, -0.15) is 0 Å². The maximum Gasteiger partial charge on any atom is 0.263 e. The van der Waals surface area contributed by atoms with Gasteiger partial charge in [0.1, 0.15) is 4.88 Å². The molecule has 6 heteroatoms. The van der Waals surface area contributed by atoms with E-state index in [1.807, 2.05) is 26.8 Å². The number of rotatable bonds is 5. The molecular weight excluding hydrogens is 286 g/mol. The Bertz CT molecular complexity index is 666. The second-order valence-corrected chi connectivity index (χ2v) is 6.28. The predicted molar refractivity (Wildman–Crippen MR) is 86.9 cm³/mol. The molecule has 0 aliphatic rings. The lowest BCUT2D eigenvalue weighted by molar-refractivity contribution is 0.0934. The number of nitrogens with two attached hydrogens (primary N) is 1. The summed E-state index contributed by atoms with van der Waals surface area (Å²) in [7, 11) is 1.65. The van der Waals surface area contributed by atoms with Crippen LogP contribution in [0.1, 0.15) is 34.4 Å². The Balaban J connectivity index is 2.28. The Morgan fingerprint density at radius 2 is 2.24 bits per heavy atom. The fraction of sp³-hybridized carbons (Fsp3) is 0.467. The van der Waals surface area contributed by atoms with Crippen LogP contribution in [-0.4, -0.2) is 30.6 Å². The van der Waals surface area contributed by atoms with Crippen molar-refractivity contribution in [2.45, 2.75) is 33.2 Å². The topological polar surface area (TPSA) is 77.2 Å². The average Bonchev–Trinajstić information content (AvgIpc) is 2.73. The van der Waals surface area contributed by atoms with Crippen LogP contribution in [0, 0.1) is 13.8 Å². The van der Waals surface area contributed by atoms with Crippen LogP contribution in [-0.2, 0) is 4.74 Å². The zero-order chi connectivity index (χ0) is 15.6. The number of carbonyl (C=O) groups excluding carboxylic acids is 1. The third-order valence-electron chi connectivity index (χ3n) is 3.36. The summed E-state index contributed by atoms with van der Waals surface area (Å²) in [5, 5.41) is 3.85. The Morgan fingerprint density at radius 1 is 1.52 bits per heavy atom. The van der Waals surface area contributed by atoms with Gasteiger partial charge in [0.05, 0.1) is 5.69 Å². The molecule has 5 nitrogen and oxygen atoms in total. The van der Waals surface area contributed by atoms with Crippen LogP contribution in [0.4, 0.5) is 5.69 Å². The van der Waals surface area contributed by atoms with E-state index in [1.54, 1.807) is 7.11 Å². The summed E-state index contributed by atoms with van der Waals surface area (Å²) in [4.78, 5) is 17.3. The molecule has 0 fully saturated rings. The lowest BCUT2D eigenvalue weighted by atomic mass is 10.2. The number of aromatic nitrogens is 1. The van der Waals surface area contributed by atoms with E-state index in [0.717, 1.165) is 27.9 Å². The number of thiophene rings is 1. The summed E-state index contributed by atoms with van der Waals surface area (Å²) < 4.78 is 6.03. The first-order valence-electron chi connectivity index (χ1n) is 6.90. The second-order valence-electron chi connectivity index (χ2n) is 5.22. The monoisotopic (exact) mass is 307 g/mol. The van der Waals surface area contributed by atoms with Gasteiger partial charge in [0.2, 0.25) is 0 Å². The van der Waals surface area contributed by atoms with Crippen LogP contribution in [0.2, 0.25) is 0 Å². The zero-order valence-corrected chi connectivity index (χ0v) is 13.6. The Kier molecular flexibility index (Phi) is 4.80. The highest BCUT2D eigenvalue weighted by atomic mass is 32.1. The standard InChI is InChI=1S/C15H21N3O2S/c1-8(5-6-20-4)18-15(19)14-13(16)12-10(3)17-9(2)7-11(12)21-14/h7-8H,5-6,16H2,1-4H3,(H,18,19). The first kappa shape index (κ1) is 15.7.